The number of imidazole rings is 1. The van der Waals surface area contributed by atoms with Gasteiger partial charge in [-0.05, 0) is 22.8 Å². The van der Waals surface area contributed by atoms with Crippen LogP contribution in [0.5, 0.6) is 0 Å². The second-order valence-electron chi connectivity index (χ2n) is 8.39. The smallest absolute Gasteiger partial charge is 0.309 e. The zero-order valence-electron chi connectivity index (χ0n) is 18.1. The summed E-state index contributed by atoms with van der Waals surface area (Å²) in [7, 11) is -0.510. The van der Waals surface area contributed by atoms with Crippen molar-refractivity contribution in [1.82, 2.24) is 13.3 Å². The van der Waals surface area contributed by atoms with Crippen LogP contribution in [0, 0.1) is 0 Å². The molecule has 0 aliphatic rings. The highest BCUT2D eigenvalue weighted by Crippen LogP contribution is 2.59. The van der Waals surface area contributed by atoms with Crippen molar-refractivity contribution in [2.75, 3.05) is 33.7 Å². The van der Waals surface area contributed by atoms with Crippen molar-refractivity contribution in [2.45, 2.75) is 43.2 Å². The maximum absolute atomic E-state index is 13.0. The highest BCUT2D eigenvalue weighted by molar-refractivity contribution is 8.33. The molecule has 0 amide bonds. The van der Waals surface area contributed by atoms with E-state index in [1.165, 1.54) is 22.4 Å². The van der Waals surface area contributed by atoms with Gasteiger partial charge >= 0.3 is 10.2 Å². The third kappa shape index (κ3) is 4.45. The third-order valence-corrected chi connectivity index (χ3v) is 11.3. The Balaban J connectivity index is 2.61. The number of benzene rings is 1. The molecule has 1 aromatic carbocycles. The molecule has 0 N–H and O–H groups in total. The normalized spacial score (nSPS) is 15.0. The van der Waals surface area contributed by atoms with Crippen molar-refractivity contribution in [2.24, 2.45) is 0 Å². The number of ether oxygens (including phenoxy) is 1. The average Bonchev–Trinajstić information content (AvgIpc) is 3.06. The number of aromatic nitrogens is 2. The van der Waals surface area contributed by atoms with Crippen LogP contribution < -0.4 is 0 Å². The van der Waals surface area contributed by atoms with Crippen LogP contribution in [-0.2, 0) is 21.4 Å². The summed E-state index contributed by atoms with van der Waals surface area (Å²) < 4.78 is 34.2. The average molecular weight is 428 g/mol. The summed E-state index contributed by atoms with van der Waals surface area (Å²) in [6.07, 6.45) is 6.15. The van der Waals surface area contributed by atoms with Gasteiger partial charge in [0, 0.05) is 33.8 Å². The lowest BCUT2D eigenvalue weighted by Crippen LogP contribution is -2.33. The lowest BCUT2D eigenvalue weighted by molar-refractivity contribution is 0.100. The zero-order chi connectivity index (χ0) is 21.3. The van der Waals surface area contributed by atoms with Crippen molar-refractivity contribution < 1.29 is 13.2 Å². The molecule has 0 radical (unpaired) electrons. The summed E-state index contributed by atoms with van der Waals surface area (Å²) in [5.74, 6) is 0. The minimum atomic E-state index is -3.69. The molecule has 1 heterocycles. The minimum absolute atomic E-state index is 0.114. The van der Waals surface area contributed by atoms with Gasteiger partial charge in [-0.3, -0.25) is 0 Å². The zero-order valence-corrected chi connectivity index (χ0v) is 19.8. The van der Waals surface area contributed by atoms with Crippen LogP contribution in [0.4, 0.5) is 0 Å². The first kappa shape index (κ1) is 22.9. The van der Waals surface area contributed by atoms with Crippen LogP contribution in [0.15, 0.2) is 41.7 Å². The van der Waals surface area contributed by atoms with E-state index >= 15 is 0 Å². The number of hydrogen-bond acceptors (Lipinski definition) is 4. The summed E-state index contributed by atoms with van der Waals surface area (Å²) in [5.41, 5.74) is 1.75. The second kappa shape index (κ2) is 8.18. The lowest BCUT2D eigenvalue weighted by atomic mass is 10.1. The molecule has 1 unspecified atom stereocenters. The minimum Gasteiger partial charge on any atom is -0.375 e. The first-order valence-electron chi connectivity index (χ1n) is 9.14. The highest BCUT2D eigenvalue weighted by Gasteiger charge is 2.37. The molecule has 28 heavy (non-hydrogen) atoms. The highest BCUT2D eigenvalue weighted by atomic mass is 32.3. The third-order valence-electron chi connectivity index (χ3n) is 5.24. The van der Waals surface area contributed by atoms with Gasteiger partial charge in [-0.2, -0.15) is 22.8 Å². The Morgan fingerprint density at radius 3 is 2.18 bits per heavy atom. The number of hydrogen-bond donors (Lipinski definition) is 0. The molecule has 0 spiro atoms. The molecule has 158 valence electrons. The second-order valence-corrected chi connectivity index (χ2v) is 14.7. The quantitative estimate of drug-likeness (QED) is 0.676. The standard InChI is InChI=1S/C20H33N3O3S2/c1-20(2,3)27(7,8)19-21-17(15-23(19)28(24,25)22(4)5)18(26-6)14-16-12-10-9-11-13-16/h9-13,15,18H,14H2,1-8H3. The molecule has 2 rings (SSSR count). The molecule has 0 saturated heterocycles. The number of rotatable bonds is 7. The molecule has 1 aromatic heterocycles. The molecule has 1 atom stereocenters. The molecule has 0 bridgehead atoms. The van der Waals surface area contributed by atoms with Crippen molar-refractivity contribution in [3.05, 3.63) is 47.8 Å². The maximum atomic E-state index is 13.0. The molecular weight excluding hydrogens is 394 g/mol. The van der Waals surface area contributed by atoms with Crippen LogP contribution in [0.1, 0.15) is 38.1 Å². The van der Waals surface area contributed by atoms with Gasteiger partial charge < -0.3 is 4.74 Å². The van der Waals surface area contributed by atoms with E-state index < -0.39 is 20.2 Å². The molecule has 0 aliphatic heterocycles. The molecule has 2 aromatic rings. The Labute approximate surface area is 171 Å². The van der Waals surface area contributed by atoms with Crippen molar-refractivity contribution in [3.8, 4) is 0 Å². The summed E-state index contributed by atoms with van der Waals surface area (Å²) in [6, 6.07) is 10.00. The Hall–Kier alpha value is -1.35. The van der Waals surface area contributed by atoms with E-state index in [1.54, 1.807) is 13.3 Å². The predicted molar refractivity (Wildman–Crippen MR) is 118 cm³/mol. The fourth-order valence-electron chi connectivity index (χ4n) is 2.61. The monoisotopic (exact) mass is 427 g/mol. The maximum Gasteiger partial charge on any atom is 0.309 e. The number of methoxy groups -OCH3 is 1. The van der Waals surface area contributed by atoms with Gasteiger partial charge in [-0.15, -0.1) is 0 Å². The first-order valence-corrected chi connectivity index (χ1v) is 13.0. The molecule has 0 fully saturated rings. The van der Waals surface area contributed by atoms with E-state index in [4.69, 9.17) is 9.72 Å². The summed E-state index contributed by atoms with van der Waals surface area (Å²) in [4.78, 5) is 4.83. The van der Waals surface area contributed by atoms with E-state index in [1.807, 2.05) is 30.3 Å². The van der Waals surface area contributed by atoms with Crippen LogP contribution >= 0.6 is 10.0 Å². The van der Waals surface area contributed by atoms with Gasteiger partial charge in [-0.1, -0.05) is 51.1 Å². The van der Waals surface area contributed by atoms with Gasteiger partial charge in [0.2, 0.25) is 0 Å². The molecule has 0 saturated carbocycles. The van der Waals surface area contributed by atoms with Crippen LogP contribution in [-0.4, -0.2) is 60.1 Å². The molecular formula is C20H33N3O3S2. The Morgan fingerprint density at radius 1 is 1.14 bits per heavy atom. The first-order chi connectivity index (χ1) is 12.8. The molecule has 8 heteroatoms. The Morgan fingerprint density at radius 2 is 1.71 bits per heavy atom. The largest absolute Gasteiger partial charge is 0.375 e. The van der Waals surface area contributed by atoms with E-state index in [9.17, 15) is 8.42 Å². The Bertz CT molecular complexity index is 899. The summed E-state index contributed by atoms with van der Waals surface area (Å²) >= 11 is 0. The predicted octanol–water partition coefficient (Wildman–Crippen LogP) is 3.69. The molecule has 6 nitrogen and oxygen atoms in total. The van der Waals surface area contributed by atoms with E-state index in [2.05, 4.69) is 33.3 Å². The van der Waals surface area contributed by atoms with E-state index in [0.717, 1.165) is 5.56 Å². The van der Waals surface area contributed by atoms with E-state index in [0.29, 0.717) is 17.3 Å². The van der Waals surface area contributed by atoms with Gasteiger partial charge in [0.05, 0.1) is 5.69 Å². The SMILES string of the molecule is COC(Cc1ccccc1)c1cn(S(=O)(=O)N(C)C)c(S(C)(C)C(C)(C)C)n1. The van der Waals surface area contributed by atoms with Gasteiger partial charge in [0.25, 0.3) is 0 Å². The fraction of sp³-hybridized carbons (Fsp3) is 0.550. The van der Waals surface area contributed by atoms with Crippen LogP contribution in [0.25, 0.3) is 0 Å². The van der Waals surface area contributed by atoms with Gasteiger partial charge in [-0.25, -0.2) is 8.96 Å². The van der Waals surface area contributed by atoms with Crippen LogP contribution in [0.2, 0.25) is 0 Å². The molecule has 0 aliphatic carbocycles. The topological polar surface area (TPSA) is 64.4 Å². The van der Waals surface area contributed by atoms with Crippen molar-refractivity contribution >= 4 is 20.2 Å². The van der Waals surface area contributed by atoms with E-state index in [-0.39, 0.29) is 10.9 Å². The van der Waals surface area contributed by atoms with Gasteiger partial charge in [0.1, 0.15) is 6.10 Å². The van der Waals surface area contributed by atoms with Gasteiger partial charge in [0.15, 0.2) is 5.16 Å². The Kier molecular flexibility index (Phi) is 6.70. The van der Waals surface area contributed by atoms with Crippen LogP contribution in [0.3, 0.4) is 0 Å². The summed E-state index contributed by atoms with van der Waals surface area (Å²) in [6.45, 7) is 6.38. The lowest BCUT2D eigenvalue weighted by Gasteiger charge is -2.43. The fourth-order valence-corrected chi connectivity index (χ4v) is 5.67. The van der Waals surface area contributed by atoms with Crippen molar-refractivity contribution in [3.63, 3.8) is 0 Å². The number of nitrogens with zero attached hydrogens (tertiary/aromatic N) is 3. The van der Waals surface area contributed by atoms with Crippen molar-refractivity contribution in [1.29, 1.82) is 0 Å². The summed E-state index contributed by atoms with van der Waals surface area (Å²) in [5, 5.41) is 0.596.